The summed E-state index contributed by atoms with van der Waals surface area (Å²) in [5, 5.41) is 17.1. The number of hydrogen-bond acceptors (Lipinski definition) is 6. The highest BCUT2D eigenvalue weighted by Crippen LogP contribution is 2.37. The molecule has 2 unspecified atom stereocenters. The Kier molecular flexibility index (Phi) is 5.52. The Labute approximate surface area is 197 Å². The van der Waals surface area contributed by atoms with Crippen molar-refractivity contribution in [3.05, 3.63) is 68.8 Å². The van der Waals surface area contributed by atoms with E-state index < -0.39 is 17.9 Å². The lowest BCUT2D eigenvalue weighted by molar-refractivity contribution is 0.145. The van der Waals surface area contributed by atoms with Crippen LogP contribution >= 0.6 is 11.6 Å². The second-order valence-corrected chi connectivity index (χ2v) is 8.58. The number of carbonyl (C=O) groups excluding carboxylic acids is 1. The number of H-pyrrole nitrogens is 1. The topological polar surface area (TPSA) is 117 Å². The number of aromatic nitrogens is 4. The van der Waals surface area contributed by atoms with Gasteiger partial charge in [-0.15, -0.1) is 0 Å². The van der Waals surface area contributed by atoms with Crippen molar-refractivity contribution in [2.24, 2.45) is 0 Å². The maximum Gasteiger partial charge on any atom is 0.322 e. The summed E-state index contributed by atoms with van der Waals surface area (Å²) in [5.74, 6) is -0.651. The van der Waals surface area contributed by atoms with Crippen LogP contribution in [0, 0.1) is 5.82 Å². The number of rotatable bonds is 3. The number of aromatic amines is 1. The van der Waals surface area contributed by atoms with Gasteiger partial charge >= 0.3 is 6.03 Å². The third-order valence-electron chi connectivity index (χ3n) is 6.16. The number of fused-ring (bicyclic) bond motifs is 2. The van der Waals surface area contributed by atoms with Gasteiger partial charge in [0.1, 0.15) is 16.9 Å². The highest BCUT2D eigenvalue weighted by molar-refractivity contribution is 6.34. The van der Waals surface area contributed by atoms with Crippen molar-refractivity contribution in [3.8, 4) is 11.1 Å². The molecule has 2 aromatic heterocycles. The van der Waals surface area contributed by atoms with E-state index in [9.17, 15) is 9.59 Å². The minimum atomic E-state index is -0.651. The molecule has 0 spiro atoms. The maximum absolute atomic E-state index is 15.1. The van der Waals surface area contributed by atoms with Gasteiger partial charge in [-0.05, 0) is 53.8 Å². The molecule has 1 aliphatic heterocycles. The van der Waals surface area contributed by atoms with E-state index in [1.54, 1.807) is 23.1 Å². The molecular weight excluding hydrogens is 463 g/mol. The normalized spacial score (nSPS) is 17.6. The third kappa shape index (κ3) is 3.69. The highest BCUT2D eigenvalue weighted by atomic mass is 35.5. The predicted molar refractivity (Wildman–Crippen MR) is 124 cm³/mol. The molecule has 0 aliphatic carbocycles. The average molecular weight is 483 g/mol. The predicted octanol–water partition coefficient (Wildman–Crippen LogP) is 4.70. The number of nitrogens with one attached hydrogen (secondary N) is 2. The van der Waals surface area contributed by atoms with Crippen LogP contribution in [-0.4, -0.2) is 37.5 Å². The number of hydrogen-bond donors (Lipinski definition) is 2. The summed E-state index contributed by atoms with van der Waals surface area (Å²) in [6.45, 7) is 3.78. The van der Waals surface area contributed by atoms with Crippen molar-refractivity contribution in [1.29, 1.82) is 0 Å². The molecule has 0 bridgehead atoms. The van der Waals surface area contributed by atoms with Crippen LogP contribution in [0.2, 0.25) is 5.02 Å². The lowest BCUT2D eigenvalue weighted by Gasteiger charge is -2.40. The van der Waals surface area contributed by atoms with Gasteiger partial charge in [-0.3, -0.25) is 4.79 Å². The minimum absolute atomic E-state index is 0.0496. The number of urea groups is 1. The lowest BCUT2D eigenvalue weighted by atomic mass is 9.92. The van der Waals surface area contributed by atoms with Crippen LogP contribution in [-0.2, 0) is 6.42 Å². The Morgan fingerprint density at radius 3 is 2.91 bits per heavy atom. The molecule has 1 aliphatic rings. The monoisotopic (exact) mass is 482 g/mol. The summed E-state index contributed by atoms with van der Waals surface area (Å²) in [6.07, 6.45) is 1.14. The Balaban J connectivity index is 1.46. The van der Waals surface area contributed by atoms with Gasteiger partial charge in [0.15, 0.2) is 0 Å². The molecule has 0 fully saturated rings. The SMILES string of the molecule is CCC1Cc2cc(=O)[nH]nc2C(C)N1C(=O)Nc1cc(Cl)c(-c2cccc3nonc23)cc1F. The molecule has 0 saturated carbocycles. The van der Waals surface area contributed by atoms with Gasteiger partial charge in [-0.2, -0.15) is 5.10 Å². The van der Waals surface area contributed by atoms with Crippen molar-refractivity contribution in [2.75, 3.05) is 5.32 Å². The second kappa shape index (κ2) is 8.53. The van der Waals surface area contributed by atoms with Gasteiger partial charge in [0.05, 0.1) is 22.4 Å². The van der Waals surface area contributed by atoms with Crippen LogP contribution < -0.4 is 10.9 Å². The number of amides is 2. The summed E-state index contributed by atoms with van der Waals surface area (Å²) in [7, 11) is 0. The van der Waals surface area contributed by atoms with E-state index in [1.807, 2.05) is 13.8 Å². The van der Waals surface area contributed by atoms with Crippen LogP contribution in [0.5, 0.6) is 0 Å². The van der Waals surface area contributed by atoms with Gasteiger partial charge in [-0.1, -0.05) is 30.7 Å². The van der Waals surface area contributed by atoms with E-state index in [-0.39, 0.29) is 22.3 Å². The van der Waals surface area contributed by atoms with E-state index in [2.05, 4.69) is 25.8 Å². The van der Waals surface area contributed by atoms with Crippen molar-refractivity contribution in [2.45, 2.75) is 38.8 Å². The zero-order valence-electron chi connectivity index (χ0n) is 18.3. The van der Waals surface area contributed by atoms with E-state index in [0.29, 0.717) is 40.7 Å². The molecule has 0 saturated heterocycles. The number of benzene rings is 2. The molecule has 11 heteroatoms. The minimum Gasteiger partial charge on any atom is -0.313 e. The zero-order chi connectivity index (χ0) is 24.0. The molecule has 174 valence electrons. The van der Waals surface area contributed by atoms with Gasteiger partial charge in [-0.25, -0.2) is 18.9 Å². The van der Waals surface area contributed by atoms with Crippen LogP contribution in [0.3, 0.4) is 0 Å². The first-order chi connectivity index (χ1) is 16.4. The van der Waals surface area contributed by atoms with E-state index in [1.165, 1.54) is 18.2 Å². The number of anilines is 1. The number of halogens is 2. The first kappa shape index (κ1) is 22.0. The zero-order valence-corrected chi connectivity index (χ0v) is 19.1. The largest absolute Gasteiger partial charge is 0.322 e. The van der Waals surface area contributed by atoms with Crippen molar-refractivity contribution >= 4 is 34.4 Å². The molecule has 2 atom stereocenters. The van der Waals surface area contributed by atoms with E-state index in [4.69, 9.17) is 16.2 Å². The van der Waals surface area contributed by atoms with Gasteiger partial charge in [0.2, 0.25) is 0 Å². The molecule has 0 radical (unpaired) electrons. The Morgan fingerprint density at radius 1 is 1.29 bits per heavy atom. The van der Waals surface area contributed by atoms with Gasteiger partial charge in [0, 0.05) is 23.2 Å². The van der Waals surface area contributed by atoms with Crippen molar-refractivity contribution in [3.63, 3.8) is 0 Å². The fraction of sp³-hybridized carbons (Fsp3) is 0.261. The first-order valence-electron chi connectivity index (χ1n) is 10.8. The standard InChI is InChI=1S/C23H20ClFN6O3/c1-3-13-7-12-8-20(32)27-28-21(12)11(2)31(13)23(33)26-19-10-16(24)15(9-17(19)25)14-5-4-6-18-22(14)30-34-29-18/h4-6,8-11,13H,3,7H2,1-2H3,(H,26,33)(H,27,32). The Morgan fingerprint density at radius 2 is 2.12 bits per heavy atom. The molecule has 3 heterocycles. The van der Waals surface area contributed by atoms with Crippen LogP contribution in [0.25, 0.3) is 22.2 Å². The van der Waals surface area contributed by atoms with Crippen LogP contribution in [0.1, 0.15) is 37.6 Å². The van der Waals surface area contributed by atoms with Crippen molar-refractivity contribution < 1.29 is 13.8 Å². The average Bonchev–Trinajstić information content (AvgIpc) is 3.30. The molecule has 2 N–H and O–H groups in total. The smallest absolute Gasteiger partial charge is 0.313 e. The summed E-state index contributed by atoms with van der Waals surface area (Å²) in [5.41, 5.74) is 3.03. The molecule has 2 amide bonds. The Hall–Kier alpha value is -3.79. The van der Waals surface area contributed by atoms with E-state index >= 15 is 4.39 Å². The van der Waals surface area contributed by atoms with Gasteiger partial charge in [0.25, 0.3) is 5.56 Å². The highest BCUT2D eigenvalue weighted by Gasteiger charge is 2.36. The molecule has 4 aromatic rings. The molecule has 9 nitrogen and oxygen atoms in total. The van der Waals surface area contributed by atoms with E-state index in [0.717, 1.165) is 5.56 Å². The van der Waals surface area contributed by atoms with Crippen LogP contribution in [0.15, 0.2) is 45.8 Å². The fourth-order valence-electron chi connectivity index (χ4n) is 4.51. The second-order valence-electron chi connectivity index (χ2n) is 8.17. The summed E-state index contributed by atoms with van der Waals surface area (Å²) < 4.78 is 19.9. The van der Waals surface area contributed by atoms with Crippen molar-refractivity contribution in [1.82, 2.24) is 25.4 Å². The quantitative estimate of drug-likeness (QED) is 0.437. The first-order valence-corrected chi connectivity index (χ1v) is 11.1. The summed E-state index contributed by atoms with van der Waals surface area (Å²) in [4.78, 5) is 26.6. The lowest BCUT2D eigenvalue weighted by Crippen LogP contribution is -2.49. The summed E-state index contributed by atoms with van der Waals surface area (Å²) in [6, 6.07) is 8.26. The maximum atomic E-state index is 15.1. The number of carbonyl (C=O) groups is 1. The molecule has 34 heavy (non-hydrogen) atoms. The fourth-order valence-corrected chi connectivity index (χ4v) is 4.78. The molecular formula is C23H20ClFN6O3. The molecule has 2 aromatic carbocycles. The number of nitrogens with zero attached hydrogens (tertiary/aromatic N) is 4. The third-order valence-corrected chi connectivity index (χ3v) is 6.48. The summed E-state index contributed by atoms with van der Waals surface area (Å²) >= 11 is 6.48. The van der Waals surface area contributed by atoms with Crippen LogP contribution in [0.4, 0.5) is 14.9 Å². The molecule has 5 rings (SSSR count). The Bertz CT molecular complexity index is 1470. The van der Waals surface area contributed by atoms with Gasteiger partial charge < -0.3 is 10.2 Å².